The van der Waals surface area contributed by atoms with Gasteiger partial charge in [-0.1, -0.05) is 42.5 Å². The van der Waals surface area contributed by atoms with Crippen LogP contribution >= 0.6 is 0 Å². The summed E-state index contributed by atoms with van der Waals surface area (Å²) in [5, 5.41) is 6.01. The molecule has 3 heterocycles. The van der Waals surface area contributed by atoms with E-state index < -0.39 is 36.5 Å². The highest BCUT2D eigenvalue weighted by atomic mass is 19.4. The van der Waals surface area contributed by atoms with Gasteiger partial charge in [0.25, 0.3) is 0 Å². The number of benzene rings is 2. The Bertz CT molecular complexity index is 1940. The highest BCUT2D eigenvalue weighted by molar-refractivity contribution is 5.85. The zero-order valence-corrected chi connectivity index (χ0v) is 22.1. The molecule has 1 fully saturated rings. The minimum Gasteiger partial charge on any atom is -0.445 e. The minimum absolute atomic E-state index is 0.0649. The molecule has 9 nitrogen and oxygen atoms in total. The molecule has 2 N–H and O–H groups in total. The molecule has 6 rings (SSSR count). The smallest absolute Gasteiger partial charge is 0.418 e. The molecule has 1 aliphatic carbocycles. The van der Waals surface area contributed by atoms with Gasteiger partial charge in [0.2, 0.25) is 0 Å². The van der Waals surface area contributed by atoms with Crippen molar-refractivity contribution in [1.29, 1.82) is 0 Å². The Labute approximate surface area is 242 Å². The van der Waals surface area contributed by atoms with Crippen LogP contribution in [0.5, 0.6) is 0 Å². The summed E-state index contributed by atoms with van der Waals surface area (Å²) >= 11 is 0. The summed E-state index contributed by atoms with van der Waals surface area (Å²) in [6.07, 6.45) is -2.64. The van der Waals surface area contributed by atoms with E-state index in [0.717, 1.165) is 11.6 Å². The van der Waals surface area contributed by atoms with Crippen molar-refractivity contribution in [1.82, 2.24) is 24.4 Å². The standard InChI is InChI=1S/C30H27F3N6O3/c1-38-24-16-34-26(36-25-13-10-19-8-5-9-22(27(19)37-25)30(31,32)33)15-23(24)39(29(38)41)21-12-11-20(14-21)35-28(40)42-17-18-6-3-2-4-7-18/h2-10,13,15-16,20-21H,11-12,14,17H2,1H3,(H,35,40)(H,34,36,37)/t20-,21-/m1/s1/i1D3. The van der Waals surface area contributed by atoms with E-state index in [1.807, 2.05) is 30.3 Å². The van der Waals surface area contributed by atoms with Crippen molar-refractivity contribution in [2.24, 2.45) is 6.98 Å². The van der Waals surface area contributed by atoms with Crippen molar-refractivity contribution < 1.29 is 26.8 Å². The van der Waals surface area contributed by atoms with E-state index in [1.54, 1.807) is 0 Å². The van der Waals surface area contributed by atoms with Crippen molar-refractivity contribution in [3.63, 3.8) is 0 Å². The summed E-state index contributed by atoms with van der Waals surface area (Å²) in [5.74, 6) is 0.224. The molecule has 1 saturated carbocycles. The summed E-state index contributed by atoms with van der Waals surface area (Å²) < 4.78 is 72.1. The van der Waals surface area contributed by atoms with Crippen molar-refractivity contribution in [3.8, 4) is 0 Å². The van der Waals surface area contributed by atoms with Gasteiger partial charge in [0, 0.05) is 34.6 Å². The second-order valence-corrected chi connectivity index (χ2v) is 10.1. The molecule has 0 radical (unpaired) electrons. The van der Waals surface area contributed by atoms with Crippen LogP contribution in [-0.2, 0) is 24.5 Å². The van der Waals surface area contributed by atoms with E-state index in [-0.39, 0.29) is 40.8 Å². The van der Waals surface area contributed by atoms with Crippen LogP contribution in [-0.4, -0.2) is 31.2 Å². The van der Waals surface area contributed by atoms with Crippen LogP contribution in [0.1, 0.15) is 40.5 Å². The third kappa shape index (κ3) is 5.39. The number of alkyl halides is 3. The lowest BCUT2D eigenvalue weighted by Crippen LogP contribution is -2.34. The number of fused-ring (bicyclic) bond motifs is 2. The molecular weight excluding hydrogens is 549 g/mol. The molecule has 1 amide bonds. The number of aryl methyl sites for hydroxylation is 1. The molecule has 0 saturated heterocycles. The number of imidazole rings is 1. The highest BCUT2D eigenvalue weighted by Gasteiger charge is 2.33. The monoisotopic (exact) mass is 579 g/mol. The van der Waals surface area contributed by atoms with E-state index in [2.05, 4.69) is 20.6 Å². The first-order valence-electron chi connectivity index (χ1n) is 14.7. The Balaban J connectivity index is 1.27. The average Bonchev–Trinajstić information content (AvgIpc) is 3.56. The highest BCUT2D eigenvalue weighted by Crippen LogP contribution is 2.35. The van der Waals surface area contributed by atoms with Crippen LogP contribution in [0.4, 0.5) is 29.6 Å². The van der Waals surface area contributed by atoms with Gasteiger partial charge >= 0.3 is 18.0 Å². The van der Waals surface area contributed by atoms with Gasteiger partial charge in [0.05, 0.1) is 28.3 Å². The van der Waals surface area contributed by atoms with E-state index >= 15 is 0 Å². The van der Waals surface area contributed by atoms with Crippen LogP contribution in [0.3, 0.4) is 0 Å². The topological polar surface area (TPSA) is 103 Å². The van der Waals surface area contributed by atoms with Crippen molar-refractivity contribution >= 4 is 39.7 Å². The fourth-order valence-electron chi connectivity index (χ4n) is 5.37. The molecule has 0 spiro atoms. The maximum Gasteiger partial charge on any atom is 0.418 e. The lowest BCUT2D eigenvalue weighted by atomic mass is 10.1. The molecule has 5 aromatic rings. The van der Waals surface area contributed by atoms with Crippen molar-refractivity contribution in [2.45, 2.75) is 44.1 Å². The second kappa shape index (κ2) is 10.8. The molecule has 0 bridgehead atoms. The Kier molecular flexibility index (Phi) is 6.14. The number of nitrogens with one attached hydrogen (secondary N) is 2. The quantitative estimate of drug-likeness (QED) is 0.253. The number of ether oxygens (including phenoxy) is 1. The third-order valence-corrected chi connectivity index (χ3v) is 7.35. The molecule has 3 aromatic heterocycles. The van der Waals surface area contributed by atoms with Crippen LogP contribution in [0.25, 0.3) is 21.9 Å². The molecule has 42 heavy (non-hydrogen) atoms. The maximum atomic E-state index is 13.6. The molecular formula is C30H27F3N6O3. The van der Waals surface area contributed by atoms with Gasteiger partial charge in [0.1, 0.15) is 18.2 Å². The van der Waals surface area contributed by atoms with Crippen LogP contribution in [0.15, 0.2) is 77.7 Å². The Morgan fingerprint density at radius 2 is 1.90 bits per heavy atom. The molecule has 2 aromatic carbocycles. The average molecular weight is 580 g/mol. The van der Waals surface area contributed by atoms with E-state index in [9.17, 15) is 22.8 Å². The minimum atomic E-state index is -4.61. The third-order valence-electron chi connectivity index (χ3n) is 7.35. The van der Waals surface area contributed by atoms with Gasteiger partial charge < -0.3 is 15.4 Å². The number of carbonyl (C=O) groups excluding carboxylic acids is 1. The first-order chi connectivity index (χ1) is 21.4. The number of hydrogen-bond acceptors (Lipinski definition) is 6. The maximum absolute atomic E-state index is 13.6. The molecule has 12 heteroatoms. The first-order valence-corrected chi connectivity index (χ1v) is 13.2. The van der Waals surface area contributed by atoms with Gasteiger partial charge in [-0.2, -0.15) is 13.2 Å². The predicted octanol–water partition coefficient (Wildman–Crippen LogP) is 6.07. The summed E-state index contributed by atoms with van der Waals surface area (Å²) in [6, 6.07) is 16.7. The number of anilines is 2. The van der Waals surface area contributed by atoms with E-state index in [4.69, 9.17) is 8.85 Å². The Morgan fingerprint density at radius 3 is 2.69 bits per heavy atom. The first kappa shape index (κ1) is 23.8. The predicted molar refractivity (Wildman–Crippen MR) is 151 cm³/mol. The zero-order chi connectivity index (χ0) is 31.9. The second-order valence-electron chi connectivity index (χ2n) is 10.1. The number of halogens is 3. The normalized spacial score (nSPS) is 18.4. The molecule has 2 atom stereocenters. The van der Waals surface area contributed by atoms with Crippen molar-refractivity contribution in [3.05, 3.63) is 94.5 Å². The number of rotatable bonds is 6. The number of amides is 1. The van der Waals surface area contributed by atoms with Gasteiger partial charge in [-0.05, 0) is 43.0 Å². The summed E-state index contributed by atoms with van der Waals surface area (Å²) in [5.41, 5.74) is -0.728. The lowest BCUT2D eigenvalue weighted by Gasteiger charge is -2.15. The number of hydrogen-bond donors (Lipinski definition) is 2. The SMILES string of the molecule is [2H]C([2H])([2H])n1c(=O)n([C@@H]2CC[C@@H](NC(=O)OCc3ccccc3)C2)c2cc(Nc3ccc4cccc(C(F)(F)F)c4n3)ncc21. The number of pyridine rings is 2. The number of para-hydroxylation sites is 1. The molecule has 1 aliphatic rings. The van der Waals surface area contributed by atoms with Gasteiger partial charge in [-0.25, -0.2) is 19.6 Å². The fourth-order valence-corrected chi connectivity index (χ4v) is 5.37. The summed E-state index contributed by atoms with van der Waals surface area (Å²) in [7, 11) is 0. The van der Waals surface area contributed by atoms with Crippen LogP contribution < -0.4 is 16.3 Å². The van der Waals surface area contributed by atoms with E-state index in [1.165, 1.54) is 41.1 Å². The lowest BCUT2D eigenvalue weighted by molar-refractivity contribution is -0.136. The van der Waals surface area contributed by atoms with Crippen molar-refractivity contribution in [2.75, 3.05) is 5.32 Å². The van der Waals surface area contributed by atoms with Gasteiger partial charge in [0.15, 0.2) is 0 Å². The molecule has 0 aliphatic heterocycles. The fraction of sp³-hybridized carbons (Fsp3) is 0.267. The number of aromatic nitrogens is 4. The number of carbonyl (C=O) groups is 1. The largest absolute Gasteiger partial charge is 0.445 e. The number of alkyl carbamates (subject to hydrolysis) is 1. The Morgan fingerprint density at radius 1 is 1.07 bits per heavy atom. The van der Waals surface area contributed by atoms with Crippen LogP contribution in [0.2, 0.25) is 0 Å². The van der Waals surface area contributed by atoms with E-state index in [0.29, 0.717) is 29.2 Å². The van der Waals surface area contributed by atoms with Gasteiger partial charge in [-0.15, -0.1) is 0 Å². The summed E-state index contributed by atoms with van der Waals surface area (Å²) in [4.78, 5) is 34.4. The van der Waals surface area contributed by atoms with Gasteiger partial charge in [-0.3, -0.25) is 9.13 Å². The zero-order valence-electron chi connectivity index (χ0n) is 25.1. The molecule has 0 unspecified atom stereocenters. The molecule has 216 valence electrons. The van der Waals surface area contributed by atoms with Crippen LogP contribution in [0, 0.1) is 0 Å². The Hall–Kier alpha value is -4.87. The summed E-state index contributed by atoms with van der Waals surface area (Å²) in [6.45, 7) is -2.71. The number of nitrogens with zero attached hydrogens (tertiary/aromatic N) is 4.